The minimum Gasteiger partial charge on any atom is -0.497 e. The molecule has 0 amide bonds. The number of carboxylic acid groups (broad SMARTS) is 2. The summed E-state index contributed by atoms with van der Waals surface area (Å²) in [6.45, 7) is 1.34. The highest BCUT2D eigenvalue weighted by Gasteiger charge is 2.04. The number of rotatable bonds is 8. The van der Waals surface area contributed by atoms with Crippen molar-refractivity contribution in [3.63, 3.8) is 0 Å². The summed E-state index contributed by atoms with van der Waals surface area (Å²) in [6.07, 6.45) is 6.93. The van der Waals surface area contributed by atoms with Crippen molar-refractivity contribution in [1.29, 1.82) is 0 Å². The summed E-state index contributed by atoms with van der Waals surface area (Å²) in [5.74, 6) is -0.745. The molecule has 0 saturated carbocycles. The number of hydrogen-bond acceptors (Lipinski definition) is 6. The molecule has 4 aromatic rings. The van der Waals surface area contributed by atoms with Gasteiger partial charge in [-0.05, 0) is 73.5 Å². The number of H-pyrrole nitrogens is 2. The third-order valence-electron chi connectivity index (χ3n) is 5.15. The Morgan fingerprint density at radius 1 is 0.778 bits per heavy atom. The van der Waals surface area contributed by atoms with Crippen LogP contribution in [0.4, 0.5) is 0 Å². The fraction of sp³-hybridized carbons (Fsp3) is 0.231. The van der Waals surface area contributed by atoms with E-state index < -0.39 is 11.9 Å². The van der Waals surface area contributed by atoms with Crippen LogP contribution in [-0.2, 0) is 22.4 Å². The highest BCUT2D eigenvalue weighted by Crippen LogP contribution is 2.24. The predicted molar refractivity (Wildman–Crippen MR) is 140 cm³/mol. The maximum absolute atomic E-state index is 9.55. The molecule has 10 heteroatoms. The smallest absolute Gasteiger partial charge is 0.328 e. The summed E-state index contributed by atoms with van der Waals surface area (Å²) in [4.78, 5) is 25.5. The van der Waals surface area contributed by atoms with Gasteiger partial charge in [-0.25, -0.2) is 9.59 Å². The lowest BCUT2D eigenvalue weighted by molar-refractivity contribution is -0.134. The van der Waals surface area contributed by atoms with Crippen LogP contribution in [0.2, 0.25) is 0 Å². The zero-order valence-electron chi connectivity index (χ0n) is 20.3. The van der Waals surface area contributed by atoms with E-state index in [1.54, 1.807) is 14.2 Å². The third kappa shape index (κ3) is 8.19. The molecule has 0 aliphatic heterocycles. The molecular weight excluding hydrogens is 464 g/mol. The monoisotopic (exact) mass is 496 g/mol. The van der Waals surface area contributed by atoms with Crippen LogP contribution in [0.25, 0.3) is 21.8 Å². The van der Waals surface area contributed by atoms with Crippen molar-refractivity contribution in [2.75, 3.05) is 27.3 Å². The second kappa shape index (κ2) is 14.2. The SMILES string of the molecule is COc1ccc2[nH]cc(CCN)c2c1.COc1ccc2[nH]cc(CCN)c2c1.O=C(O)/C=C/C(=O)O. The van der Waals surface area contributed by atoms with Crippen LogP contribution in [0.15, 0.2) is 60.9 Å². The quantitative estimate of drug-likeness (QED) is 0.202. The predicted octanol–water partition coefficient (Wildman–Crippen LogP) is 3.07. The number of aromatic nitrogens is 2. The van der Waals surface area contributed by atoms with E-state index in [0.717, 1.165) is 35.4 Å². The van der Waals surface area contributed by atoms with Gasteiger partial charge in [-0.3, -0.25) is 0 Å². The number of fused-ring (bicyclic) bond motifs is 2. The molecule has 2 aromatic heterocycles. The molecule has 36 heavy (non-hydrogen) atoms. The van der Waals surface area contributed by atoms with Crippen molar-refractivity contribution in [3.05, 3.63) is 72.1 Å². The van der Waals surface area contributed by atoms with Crippen LogP contribution in [0.3, 0.4) is 0 Å². The molecule has 0 fully saturated rings. The standard InChI is InChI=1S/2C11H14N2O.C4H4O4/c2*1-14-9-2-3-11-10(6-9)8(4-5-12)7-13-11;5-3(6)1-2-4(7)8/h2*2-3,6-7,13H,4-5,12H2,1H3;1-2H,(H,5,6)(H,7,8)/b;;2-1+. The number of nitrogens with two attached hydrogens (primary N) is 2. The van der Waals surface area contributed by atoms with E-state index in [1.807, 2.05) is 48.8 Å². The normalized spacial score (nSPS) is 10.4. The number of nitrogens with one attached hydrogen (secondary N) is 2. The van der Waals surface area contributed by atoms with Crippen LogP contribution in [0, 0.1) is 0 Å². The first-order chi connectivity index (χ1) is 17.3. The van der Waals surface area contributed by atoms with Crippen LogP contribution < -0.4 is 20.9 Å². The number of aliphatic carboxylic acids is 2. The van der Waals surface area contributed by atoms with Gasteiger partial charge in [0.2, 0.25) is 0 Å². The maximum atomic E-state index is 9.55. The number of benzene rings is 2. The molecule has 4 rings (SSSR count). The third-order valence-corrected chi connectivity index (χ3v) is 5.15. The minimum absolute atomic E-state index is 0.558. The number of carboxylic acids is 2. The molecule has 2 aromatic carbocycles. The van der Waals surface area contributed by atoms with E-state index in [2.05, 4.69) is 9.97 Å². The molecular formula is C26H32N4O6. The van der Waals surface area contributed by atoms with E-state index in [9.17, 15) is 9.59 Å². The van der Waals surface area contributed by atoms with Crippen molar-refractivity contribution in [2.45, 2.75) is 12.8 Å². The molecule has 10 nitrogen and oxygen atoms in total. The van der Waals surface area contributed by atoms with Gasteiger partial charge >= 0.3 is 11.9 Å². The van der Waals surface area contributed by atoms with Crippen molar-refractivity contribution in [3.8, 4) is 11.5 Å². The second-order valence-corrected chi connectivity index (χ2v) is 7.54. The minimum atomic E-state index is -1.26. The van der Waals surface area contributed by atoms with Gasteiger partial charge in [-0.15, -0.1) is 0 Å². The Morgan fingerprint density at radius 3 is 1.47 bits per heavy atom. The summed E-state index contributed by atoms with van der Waals surface area (Å²) in [5, 5.41) is 18.0. The zero-order chi connectivity index (χ0) is 26.5. The Hall–Kier alpha value is -4.28. The summed E-state index contributed by atoms with van der Waals surface area (Å²) in [7, 11) is 3.35. The van der Waals surface area contributed by atoms with Crippen molar-refractivity contribution < 1.29 is 29.3 Å². The number of ether oxygens (including phenoxy) is 2. The van der Waals surface area contributed by atoms with Crippen LogP contribution in [-0.4, -0.2) is 59.4 Å². The van der Waals surface area contributed by atoms with Gasteiger partial charge in [-0.1, -0.05) is 0 Å². The van der Waals surface area contributed by atoms with E-state index in [0.29, 0.717) is 25.2 Å². The molecule has 0 radical (unpaired) electrons. The van der Waals surface area contributed by atoms with E-state index in [-0.39, 0.29) is 0 Å². The van der Waals surface area contributed by atoms with E-state index in [1.165, 1.54) is 21.9 Å². The molecule has 0 atom stereocenters. The van der Waals surface area contributed by atoms with Gasteiger partial charge in [0.15, 0.2) is 0 Å². The number of aromatic amines is 2. The Morgan fingerprint density at radius 2 is 1.17 bits per heavy atom. The van der Waals surface area contributed by atoms with Crippen molar-refractivity contribution in [2.24, 2.45) is 11.5 Å². The summed E-state index contributed by atoms with van der Waals surface area (Å²) >= 11 is 0. The molecule has 0 aliphatic carbocycles. The Labute approximate surface area is 208 Å². The van der Waals surface area contributed by atoms with Gasteiger partial charge < -0.3 is 41.1 Å². The lowest BCUT2D eigenvalue weighted by Gasteiger charge is -2.00. The van der Waals surface area contributed by atoms with Gasteiger partial charge in [0.25, 0.3) is 0 Å². The molecule has 0 bridgehead atoms. The molecule has 8 N–H and O–H groups in total. The first kappa shape index (κ1) is 28.0. The number of hydrogen-bond donors (Lipinski definition) is 6. The van der Waals surface area contributed by atoms with E-state index >= 15 is 0 Å². The largest absolute Gasteiger partial charge is 0.497 e. The van der Waals surface area contributed by atoms with Crippen LogP contribution in [0.5, 0.6) is 11.5 Å². The van der Waals surface area contributed by atoms with Gasteiger partial charge in [-0.2, -0.15) is 0 Å². The average molecular weight is 497 g/mol. The maximum Gasteiger partial charge on any atom is 0.328 e. The zero-order valence-corrected chi connectivity index (χ0v) is 20.3. The molecule has 0 aliphatic rings. The van der Waals surface area contributed by atoms with Gasteiger partial charge in [0.05, 0.1) is 14.2 Å². The molecule has 0 saturated heterocycles. The van der Waals surface area contributed by atoms with Crippen molar-refractivity contribution in [1.82, 2.24) is 9.97 Å². The van der Waals surface area contributed by atoms with Gasteiger partial charge in [0, 0.05) is 46.4 Å². The lowest BCUT2D eigenvalue weighted by atomic mass is 10.1. The first-order valence-corrected chi connectivity index (χ1v) is 11.1. The average Bonchev–Trinajstić information content (AvgIpc) is 3.47. The Kier molecular flexibility index (Phi) is 11.0. The topological polar surface area (TPSA) is 177 Å². The van der Waals surface area contributed by atoms with Crippen molar-refractivity contribution >= 4 is 33.7 Å². The Bertz CT molecular complexity index is 1210. The van der Waals surface area contributed by atoms with Crippen LogP contribution >= 0.6 is 0 Å². The Balaban J connectivity index is 0.000000199. The first-order valence-electron chi connectivity index (χ1n) is 11.1. The molecule has 192 valence electrons. The highest BCUT2D eigenvalue weighted by atomic mass is 16.5. The summed E-state index contributed by atoms with van der Waals surface area (Å²) < 4.78 is 10.4. The number of carbonyl (C=O) groups is 2. The molecule has 0 spiro atoms. The highest BCUT2D eigenvalue weighted by molar-refractivity contribution is 5.89. The summed E-state index contributed by atoms with van der Waals surface area (Å²) in [5.41, 5.74) is 15.8. The molecule has 0 unspecified atom stereocenters. The second-order valence-electron chi connectivity index (χ2n) is 7.54. The fourth-order valence-corrected chi connectivity index (χ4v) is 3.44. The van der Waals surface area contributed by atoms with Crippen LogP contribution in [0.1, 0.15) is 11.1 Å². The fourth-order valence-electron chi connectivity index (χ4n) is 3.44. The van der Waals surface area contributed by atoms with Gasteiger partial charge in [0.1, 0.15) is 11.5 Å². The lowest BCUT2D eigenvalue weighted by Crippen LogP contribution is -2.01. The molecule has 2 heterocycles. The number of methoxy groups -OCH3 is 2. The van der Waals surface area contributed by atoms with E-state index in [4.69, 9.17) is 31.2 Å². The summed E-state index contributed by atoms with van der Waals surface area (Å²) in [6, 6.07) is 12.0.